The van der Waals surface area contributed by atoms with Crippen molar-refractivity contribution >= 4 is 58.8 Å². The van der Waals surface area contributed by atoms with Crippen LogP contribution in [0.3, 0.4) is 0 Å². The van der Waals surface area contributed by atoms with Crippen LogP contribution < -0.4 is 0 Å². The lowest BCUT2D eigenvalue weighted by molar-refractivity contribution is 0.273. The molecule has 0 heterocycles. The van der Waals surface area contributed by atoms with E-state index in [9.17, 15) is 10.2 Å². The fraction of sp³-hybridized carbons (Fsp3) is 1.00. The van der Waals surface area contributed by atoms with Crippen LogP contribution in [0, 0.1) is 0 Å². The summed E-state index contributed by atoms with van der Waals surface area (Å²) in [4.78, 5) is 0. The molecule has 0 fully saturated rings. The first kappa shape index (κ1) is 17.8. The van der Waals surface area contributed by atoms with Gasteiger partial charge in [0.05, 0.1) is 29.0 Å². The molecule has 0 amide bonds. The van der Waals surface area contributed by atoms with Crippen molar-refractivity contribution in [1.82, 2.24) is 0 Å². The lowest BCUT2D eigenvalue weighted by Gasteiger charge is -2.13. The first-order valence-corrected chi connectivity index (χ1v) is 16.5. The van der Waals surface area contributed by atoms with E-state index < -0.39 is 17.6 Å². The van der Waals surface area contributed by atoms with Gasteiger partial charge in [0, 0.05) is 11.5 Å². The number of rotatable bonds is 9. The minimum absolute atomic E-state index is 0.0724. The summed E-state index contributed by atoms with van der Waals surface area (Å²) in [5.74, 6) is 1.67. The van der Waals surface area contributed by atoms with Gasteiger partial charge < -0.3 is 10.2 Å². The van der Waals surface area contributed by atoms with Gasteiger partial charge in [0.15, 0.2) is 0 Å². The molecule has 0 bridgehead atoms. The highest BCUT2D eigenvalue weighted by Gasteiger charge is 2.12. The van der Waals surface area contributed by atoms with Crippen LogP contribution in [0.25, 0.3) is 0 Å². The van der Waals surface area contributed by atoms with Crippen molar-refractivity contribution in [3.63, 3.8) is 0 Å². The Labute approximate surface area is 118 Å². The van der Waals surface area contributed by atoms with Crippen molar-refractivity contribution in [3.8, 4) is 0 Å². The molecule has 0 saturated carbocycles. The minimum Gasteiger partial charge on any atom is -0.396 e. The summed E-state index contributed by atoms with van der Waals surface area (Å²) in [5, 5.41) is 19.2. The average molecular weight is 335 g/mol. The van der Waals surface area contributed by atoms with Crippen molar-refractivity contribution in [2.24, 2.45) is 0 Å². The Hall–Kier alpha value is 1.75. The van der Waals surface area contributed by atoms with E-state index in [1.807, 2.05) is 0 Å². The third-order valence-corrected chi connectivity index (χ3v) is 12.9. The van der Waals surface area contributed by atoms with E-state index >= 15 is 0 Å². The summed E-state index contributed by atoms with van der Waals surface area (Å²) in [7, 11) is 5.11. The molecule has 0 aliphatic carbocycles. The smallest absolute Gasteiger partial charge is 0.0663 e. The van der Waals surface area contributed by atoms with Crippen molar-refractivity contribution in [2.45, 2.75) is 37.6 Å². The summed E-state index contributed by atoms with van der Waals surface area (Å²) >= 11 is 0. The zero-order chi connectivity index (χ0) is 12.6. The fourth-order valence-electron chi connectivity index (χ4n) is 0.619. The predicted molar refractivity (Wildman–Crippen MR) is 89.9 cm³/mol. The van der Waals surface area contributed by atoms with Gasteiger partial charge in [-0.15, -0.1) is 0 Å². The Bertz CT molecular complexity index is 156. The molecule has 0 aromatic heterocycles. The van der Waals surface area contributed by atoms with Crippen molar-refractivity contribution in [3.05, 3.63) is 0 Å². The Morgan fingerprint density at radius 3 is 1.38 bits per heavy atom. The summed E-state index contributed by atoms with van der Waals surface area (Å²) in [6, 6.07) is 0. The zero-order valence-corrected chi connectivity index (χ0v) is 15.8. The monoisotopic (exact) mass is 334 g/mol. The summed E-state index contributed by atoms with van der Waals surface area (Å²) in [6.45, 7) is 8.67. The topological polar surface area (TPSA) is 40.5 Å². The molecule has 2 nitrogen and oxygen atoms in total. The van der Waals surface area contributed by atoms with Crippen LogP contribution in [0.5, 0.6) is 0 Å². The molecular weight excluding hydrogens is 313 g/mol. The molecular formula is C8H22O2S4Si2. The Kier molecular flexibility index (Phi) is 11.8. The molecule has 2 N–H and O–H groups in total. The van der Waals surface area contributed by atoms with Crippen molar-refractivity contribution in [1.29, 1.82) is 0 Å². The van der Waals surface area contributed by atoms with Crippen molar-refractivity contribution < 1.29 is 10.2 Å². The van der Waals surface area contributed by atoms with E-state index in [4.69, 9.17) is 0 Å². The molecule has 2 atom stereocenters. The third kappa shape index (κ3) is 9.75. The van der Waals surface area contributed by atoms with Gasteiger partial charge in [0.2, 0.25) is 0 Å². The third-order valence-electron chi connectivity index (χ3n) is 2.14. The van der Waals surface area contributed by atoms with Gasteiger partial charge >= 0.3 is 0 Å². The molecule has 2 unspecified atom stereocenters. The second kappa shape index (κ2) is 10.7. The van der Waals surface area contributed by atoms with Gasteiger partial charge in [-0.05, 0) is 19.7 Å². The van der Waals surface area contributed by atoms with E-state index in [-0.39, 0.29) is 11.5 Å². The summed E-state index contributed by atoms with van der Waals surface area (Å²) in [5.41, 5.74) is -0.145. The van der Waals surface area contributed by atoms with Crippen LogP contribution in [0.15, 0.2) is 0 Å². The second-order valence-electron chi connectivity index (χ2n) is 4.33. The van der Waals surface area contributed by atoms with Crippen molar-refractivity contribution in [2.75, 3.05) is 11.5 Å². The van der Waals surface area contributed by atoms with E-state index in [1.54, 1.807) is 41.2 Å². The number of aliphatic hydroxyl groups excluding tert-OH is 2. The Morgan fingerprint density at radius 2 is 1.12 bits per heavy atom. The van der Waals surface area contributed by atoms with Gasteiger partial charge in [-0.25, -0.2) is 0 Å². The first-order chi connectivity index (χ1) is 7.45. The number of aliphatic hydroxyl groups is 2. The summed E-state index contributed by atoms with van der Waals surface area (Å²) in [6.07, 6.45) is 0. The quantitative estimate of drug-likeness (QED) is 0.383. The SMILES string of the molecule is C[SiH](C)C(O)CSSSSCC(O)[SiH](C)C. The largest absolute Gasteiger partial charge is 0.396 e. The predicted octanol–water partition coefficient (Wildman–Crippen LogP) is 2.44. The van der Waals surface area contributed by atoms with Crippen LogP contribution >= 0.6 is 41.2 Å². The molecule has 0 radical (unpaired) electrons. The molecule has 98 valence electrons. The van der Waals surface area contributed by atoms with Crippen LogP contribution in [-0.4, -0.2) is 50.8 Å². The first-order valence-electron chi connectivity index (χ1n) is 5.39. The lowest BCUT2D eigenvalue weighted by atomic mass is 10.9. The van der Waals surface area contributed by atoms with E-state index in [0.717, 1.165) is 11.5 Å². The van der Waals surface area contributed by atoms with Gasteiger partial charge in [-0.2, -0.15) is 0 Å². The highest BCUT2D eigenvalue weighted by atomic mass is 33.7. The van der Waals surface area contributed by atoms with Crippen LogP contribution in [0.2, 0.25) is 26.2 Å². The fourth-order valence-corrected chi connectivity index (χ4v) is 10.8. The van der Waals surface area contributed by atoms with Crippen LogP contribution in [0.4, 0.5) is 0 Å². The molecule has 0 saturated heterocycles. The Balaban J connectivity index is 3.28. The maximum absolute atomic E-state index is 9.62. The standard InChI is InChI=1S/C8H22O2S4Si2/c1-15(2)7(9)5-11-13-14-12-6-8(10)16(3)4/h7-10,15-16H,5-6H2,1-4H3. The molecule has 0 rings (SSSR count). The second-order valence-corrected chi connectivity index (χ2v) is 16.9. The highest BCUT2D eigenvalue weighted by molar-refractivity contribution is 9.26. The molecule has 16 heavy (non-hydrogen) atoms. The summed E-state index contributed by atoms with van der Waals surface area (Å²) < 4.78 is 0. The number of hydrogen-bond acceptors (Lipinski definition) is 6. The number of hydrogen-bond donors (Lipinski definition) is 2. The maximum Gasteiger partial charge on any atom is 0.0663 e. The molecule has 0 aromatic carbocycles. The van der Waals surface area contributed by atoms with Gasteiger partial charge in [-0.3, -0.25) is 0 Å². The van der Waals surface area contributed by atoms with Crippen LogP contribution in [0.1, 0.15) is 0 Å². The normalized spacial score (nSPS) is 15.8. The molecule has 0 aromatic rings. The van der Waals surface area contributed by atoms with Gasteiger partial charge in [0.25, 0.3) is 0 Å². The lowest BCUT2D eigenvalue weighted by Crippen LogP contribution is -2.26. The molecule has 0 spiro atoms. The van der Waals surface area contributed by atoms with Gasteiger partial charge in [-0.1, -0.05) is 47.8 Å². The van der Waals surface area contributed by atoms with Gasteiger partial charge in [0.1, 0.15) is 0 Å². The van der Waals surface area contributed by atoms with E-state index in [0.29, 0.717) is 0 Å². The Morgan fingerprint density at radius 1 is 0.812 bits per heavy atom. The molecule has 0 aliphatic rings. The van der Waals surface area contributed by atoms with Crippen LogP contribution in [-0.2, 0) is 0 Å². The maximum atomic E-state index is 9.62. The minimum atomic E-state index is -0.882. The van der Waals surface area contributed by atoms with E-state index in [1.165, 1.54) is 0 Å². The molecule has 8 heteroatoms. The average Bonchev–Trinajstić information content (AvgIpc) is 2.21. The van der Waals surface area contributed by atoms with E-state index in [2.05, 4.69) is 26.2 Å². The zero-order valence-electron chi connectivity index (χ0n) is 10.3. The molecule has 0 aliphatic heterocycles. The highest BCUT2D eigenvalue weighted by Crippen LogP contribution is 2.43.